The summed E-state index contributed by atoms with van der Waals surface area (Å²) in [5.74, 6) is 0. The molecule has 0 spiro atoms. The molecule has 0 aliphatic carbocycles. The summed E-state index contributed by atoms with van der Waals surface area (Å²) in [5, 5.41) is 9.42. The van der Waals surface area contributed by atoms with Gasteiger partial charge >= 0.3 is 0 Å². The summed E-state index contributed by atoms with van der Waals surface area (Å²) in [5.41, 5.74) is 1.46. The molecular weight excluding hydrogens is 220 g/mol. The molecule has 0 amide bonds. The van der Waals surface area contributed by atoms with E-state index in [-0.39, 0.29) is 6.10 Å². The summed E-state index contributed by atoms with van der Waals surface area (Å²) in [6, 6.07) is 10.7. The molecule has 1 rings (SSSR count). The van der Waals surface area contributed by atoms with Crippen LogP contribution in [-0.2, 0) is 6.42 Å². The van der Waals surface area contributed by atoms with Crippen molar-refractivity contribution >= 4 is 0 Å². The molecule has 0 heterocycles. The van der Waals surface area contributed by atoms with E-state index in [4.69, 9.17) is 0 Å². The molecule has 1 heteroatoms. The zero-order valence-corrected chi connectivity index (χ0v) is 11.8. The van der Waals surface area contributed by atoms with Gasteiger partial charge in [0.05, 0.1) is 6.10 Å². The predicted octanol–water partition coefficient (Wildman–Crippen LogP) is 4.73. The van der Waals surface area contributed by atoms with Crippen molar-refractivity contribution < 1.29 is 5.11 Å². The third kappa shape index (κ3) is 7.50. The van der Waals surface area contributed by atoms with Gasteiger partial charge in [0.15, 0.2) is 0 Å². The number of hydrogen-bond donors (Lipinski definition) is 1. The van der Waals surface area contributed by atoms with Gasteiger partial charge in [0, 0.05) is 0 Å². The molecule has 0 aliphatic rings. The van der Waals surface area contributed by atoms with E-state index in [9.17, 15) is 5.11 Å². The highest BCUT2D eigenvalue weighted by molar-refractivity contribution is 5.14. The fourth-order valence-corrected chi connectivity index (χ4v) is 2.26. The van der Waals surface area contributed by atoms with Crippen LogP contribution in [0.3, 0.4) is 0 Å². The second kappa shape index (κ2) is 10.1. The zero-order chi connectivity index (χ0) is 13.1. The Kier molecular flexibility index (Phi) is 8.58. The average Bonchev–Trinajstić information content (AvgIpc) is 2.42. The van der Waals surface area contributed by atoms with Crippen molar-refractivity contribution in [1.82, 2.24) is 0 Å². The number of benzene rings is 1. The van der Waals surface area contributed by atoms with Crippen LogP contribution in [0, 0.1) is 0 Å². The minimum Gasteiger partial charge on any atom is -0.393 e. The third-order valence-corrected chi connectivity index (χ3v) is 3.57. The lowest BCUT2D eigenvalue weighted by Crippen LogP contribution is -2.03. The first-order chi connectivity index (χ1) is 8.83. The van der Waals surface area contributed by atoms with Crippen molar-refractivity contribution in [3.05, 3.63) is 35.9 Å². The summed E-state index contributed by atoms with van der Waals surface area (Å²) < 4.78 is 0. The first kappa shape index (κ1) is 15.2. The van der Waals surface area contributed by atoms with E-state index >= 15 is 0 Å². The molecule has 1 nitrogen and oxygen atoms in total. The summed E-state index contributed by atoms with van der Waals surface area (Å²) >= 11 is 0. The van der Waals surface area contributed by atoms with Crippen LogP contribution in [0.15, 0.2) is 30.3 Å². The second-order valence-electron chi connectivity index (χ2n) is 5.21. The van der Waals surface area contributed by atoms with Crippen LogP contribution in [0.5, 0.6) is 0 Å². The maximum Gasteiger partial charge on any atom is 0.0537 e. The summed E-state index contributed by atoms with van der Waals surface area (Å²) in [6.45, 7) is 2.05. The van der Waals surface area contributed by atoms with Gasteiger partial charge in [-0.1, -0.05) is 69.4 Å². The first-order valence-corrected chi connectivity index (χ1v) is 7.55. The van der Waals surface area contributed by atoms with Crippen molar-refractivity contribution in [2.24, 2.45) is 0 Å². The highest BCUT2D eigenvalue weighted by atomic mass is 16.3. The number of aliphatic hydroxyl groups is 1. The lowest BCUT2D eigenvalue weighted by Gasteiger charge is -2.06. The van der Waals surface area contributed by atoms with E-state index in [1.165, 1.54) is 50.5 Å². The molecule has 0 saturated carbocycles. The van der Waals surface area contributed by atoms with Gasteiger partial charge in [-0.3, -0.25) is 0 Å². The molecule has 0 bridgehead atoms. The number of rotatable bonds is 10. The van der Waals surface area contributed by atoms with Crippen molar-refractivity contribution in [2.45, 2.75) is 70.8 Å². The quantitative estimate of drug-likeness (QED) is 0.593. The normalized spacial score (nSPS) is 12.6. The van der Waals surface area contributed by atoms with Crippen LogP contribution in [0.1, 0.15) is 63.9 Å². The SMILES string of the molecule is CC[C@H](O)CCCCCCCCc1ccccc1. The lowest BCUT2D eigenvalue weighted by atomic mass is 10.0. The largest absolute Gasteiger partial charge is 0.393 e. The van der Waals surface area contributed by atoms with Crippen molar-refractivity contribution in [2.75, 3.05) is 0 Å². The Balaban J connectivity index is 1.87. The molecular formula is C17H28O. The summed E-state index contributed by atoms with van der Waals surface area (Å²) in [7, 11) is 0. The Morgan fingerprint density at radius 3 is 2.17 bits per heavy atom. The lowest BCUT2D eigenvalue weighted by molar-refractivity contribution is 0.156. The number of aryl methyl sites for hydroxylation is 1. The van der Waals surface area contributed by atoms with Crippen molar-refractivity contribution in [3.63, 3.8) is 0 Å². The van der Waals surface area contributed by atoms with E-state index in [2.05, 4.69) is 30.3 Å². The van der Waals surface area contributed by atoms with Gasteiger partial charge in [0.25, 0.3) is 0 Å². The van der Waals surface area contributed by atoms with Crippen LogP contribution in [0.25, 0.3) is 0 Å². The van der Waals surface area contributed by atoms with Crippen molar-refractivity contribution in [3.8, 4) is 0 Å². The Labute approximate surface area is 112 Å². The number of unbranched alkanes of at least 4 members (excludes halogenated alkanes) is 5. The number of hydrogen-bond acceptors (Lipinski definition) is 1. The first-order valence-electron chi connectivity index (χ1n) is 7.55. The van der Waals surface area contributed by atoms with Gasteiger partial charge in [-0.05, 0) is 31.2 Å². The topological polar surface area (TPSA) is 20.2 Å². The molecule has 1 aromatic rings. The van der Waals surface area contributed by atoms with Crippen LogP contribution in [0.4, 0.5) is 0 Å². The Hall–Kier alpha value is -0.820. The van der Waals surface area contributed by atoms with Crippen LogP contribution >= 0.6 is 0 Å². The van der Waals surface area contributed by atoms with Crippen LogP contribution in [0.2, 0.25) is 0 Å². The molecule has 0 aliphatic heterocycles. The second-order valence-corrected chi connectivity index (χ2v) is 5.21. The van der Waals surface area contributed by atoms with E-state index in [1.807, 2.05) is 6.92 Å². The minimum absolute atomic E-state index is 0.0666. The van der Waals surface area contributed by atoms with Gasteiger partial charge in [0.2, 0.25) is 0 Å². The molecule has 0 fully saturated rings. The van der Waals surface area contributed by atoms with E-state index in [1.54, 1.807) is 0 Å². The predicted molar refractivity (Wildman–Crippen MR) is 78.8 cm³/mol. The smallest absolute Gasteiger partial charge is 0.0537 e. The maximum atomic E-state index is 9.42. The molecule has 0 aromatic heterocycles. The third-order valence-electron chi connectivity index (χ3n) is 3.57. The molecule has 1 atom stereocenters. The fraction of sp³-hybridized carbons (Fsp3) is 0.647. The van der Waals surface area contributed by atoms with Gasteiger partial charge in [-0.15, -0.1) is 0 Å². The Bertz CT molecular complexity index is 281. The highest BCUT2D eigenvalue weighted by Crippen LogP contribution is 2.12. The van der Waals surface area contributed by atoms with Gasteiger partial charge in [-0.2, -0.15) is 0 Å². The molecule has 102 valence electrons. The molecule has 1 N–H and O–H groups in total. The van der Waals surface area contributed by atoms with Gasteiger partial charge < -0.3 is 5.11 Å². The molecule has 0 saturated heterocycles. The van der Waals surface area contributed by atoms with Crippen molar-refractivity contribution in [1.29, 1.82) is 0 Å². The molecule has 0 unspecified atom stereocenters. The summed E-state index contributed by atoms with van der Waals surface area (Å²) in [4.78, 5) is 0. The highest BCUT2D eigenvalue weighted by Gasteiger charge is 1.99. The summed E-state index contributed by atoms with van der Waals surface area (Å²) in [6.07, 6.45) is 10.8. The van der Waals surface area contributed by atoms with E-state index in [0.29, 0.717) is 0 Å². The molecule has 1 aromatic carbocycles. The van der Waals surface area contributed by atoms with E-state index in [0.717, 1.165) is 12.8 Å². The van der Waals surface area contributed by atoms with Crippen LogP contribution < -0.4 is 0 Å². The monoisotopic (exact) mass is 248 g/mol. The zero-order valence-electron chi connectivity index (χ0n) is 11.8. The van der Waals surface area contributed by atoms with Gasteiger partial charge in [-0.25, -0.2) is 0 Å². The minimum atomic E-state index is -0.0666. The standard InChI is InChI=1S/C17H28O/c1-2-17(18)15-11-6-4-3-5-8-12-16-13-9-7-10-14-16/h7,9-10,13-14,17-18H,2-6,8,11-12,15H2,1H3/t17-/m0/s1. The maximum absolute atomic E-state index is 9.42. The molecule has 18 heavy (non-hydrogen) atoms. The average molecular weight is 248 g/mol. The Morgan fingerprint density at radius 2 is 1.50 bits per heavy atom. The molecule has 0 radical (unpaired) electrons. The number of aliphatic hydroxyl groups excluding tert-OH is 1. The van der Waals surface area contributed by atoms with E-state index < -0.39 is 0 Å². The Morgan fingerprint density at radius 1 is 0.889 bits per heavy atom. The van der Waals surface area contributed by atoms with Gasteiger partial charge in [0.1, 0.15) is 0 Å². The fourth-order valence-electron chi connectivity index (χ4n) is 2.26. The van der Waals surface area contributed by atoms with Crippen LogP contribution in [-0.4, -0.2) is 11.2 Å².